The van der Waals surface area contributed by atoms with Gasteiger partial charge in [0, 0.05) is 42.4 Å². The number of pyridine rings is 1. The molecule has 6 rings (SSSR count). The first-order valence-corrected chi connectivity index (χ1v) is 13.2. The summed E-state index contributed by atoms with van der Waals surface area (Å²) in [7, 11) is 0. The van der Waals surface area contributed by atoms with Crippen molar-refractivity contribution in [2.75, 3.05) is 19.7 Å². The van der Waals surface area contributed by atoms with Crippen molar-refractivity contribution in [1.29, 1.82) is 0 Å². The van der Waals surface area contributed by atoms with Crippen LogP contribution in [0.1, 0.15) is 40.5 Å². The van der Waals surface area contributed by atoms with Crippen LogP contribution in [-0.4, -0.2) is 56.3 Å². The number of hydrogen-bond donors (Lipinski definition) is 1. The van der Waals surface area contributed by atoms with Crippen LogP contribution in [0.25, 0.3) is 16.8 Å². The van der Waals surface area contributed by atoms with Gasteiger partial charge in [-0.25, -0.2) is 18.6 Å². The lowest BCUT2D eigenvalue weighted by atomic mass is 10.0. The Balaban J connectivity index is 1.15. The summed E-state index contributed by atoms with van der Waals surface area (Å²) in [4.78, 5) is 22.4. The number of nitrogens with zero attached hydrogens (tertiary/aromatic N) is 4. The monoisotopic (exact) mass is 570 g/mol. The number of imidazole rings is 1. The number of fused-ring (bicyclic) bond motifs is 1. The van der Waals surface area contributed by atoms with Crippen LogP contribution in [0, 0.1) is 11.6 Å². The van der Waals surface area contributed by atoms with E-state index in [1.165, 1.54) is 30.3 Å². The summed E-state index contributed by atoms with van der Waals surface area (Å²) in [5, 5.41) is 9.58. The highest BCUT2D eigenvalue weighted by atomic mass is 35.5. The third-order valence-electron chi connectivity index (χ3n) is 7.09. The van der Waals surface area contributed by atoms with Crippen molar-refractivity contribution in [2.24, 2.45) is 0 Å². The molecule has 0 amide bonds. The van der Waals surface area contributed by atoms with E-state index >= 15 is 0 Å². The molecule has 1 fully saturated rings. The molecule has 1 saturated heterocycles. The zero-order valence-electron chi connectivity index (χ0n) is 21.3. The Morgan fingerprint density at radius 3 is 2.73 bits per heavy atom. The Labute approximate surface area is 232 Å². The maximum Gasteiger partial charge on any atom is 0.371 e. The number of ether oxygens (including phenoxy) is 2. The van der Waals surface area contributed by atoms with Crippen LogP contribution in [0.3, 0.4) is 0 Å². The molecule has 5 heterocycles. The van der Waals surface area contributed by atoms with Crippen LogP contribution in [0.2, 0.25) is 5.02 Å². The molecule has 0 spiro atoms. The van der Waals surface area contributed by atoms with E-state index < -0.39 is 17.6 Å². The molecule has 0 aliphatic carbocycles. The number of carbonyl (C=O) groups is 1. The minimum absolute atomic E-state index is 0.0481. The van der Waals surface area contributed by atoms with E-state index in [0.717, 1.165) is 17.8 Å². The van der Waals surface area contributed by atoms with Gasteiger partial charge in [0.15, 0.2) is 0 Å². The Bertz CT molecular complexity index is 1610. The van der Waals surface area contributed by atoms with E-state index in [1.54, 1.807) is 6.07 Å². The van der Waals surface area contributed by atoms with Crippen molar-refractivity contribution >= 4 is 34.4 Å². The third kappa shape index (κ3) is 5.45. The number of furan rings is 1. The van der Waals surface area contributed by atoms with E-state index in [-0.39, 0.29) is 35.8 Å². The van der Waals surface area contributed by atoms with Gasteiger partial charge in [-0.05, 0) is 36.6 Å². The highest BCUT2D eigenvalue weighted by Crippen LogP contribution is 2.28. The number of carboxylic acids is 1. The van der Waals surface area contributed by atoms with E-state index in [2.05, 4.69) is 14.9 Å². The molecule has 2 aliphatic rings. The van der Waals surface area contributed by atoms with Crippen molar-refractivity contribution in [2.45, 2.75) is 38.6 Å². The van der Waals surface area contributed by atoms with Gasteiger partial charge in [0.05, 0.1) is 19.2 Å². The SMILES string of the molecule is O=C(O)c1cc2c(nc(CN3CC=C(c4nc(OCc5ccc(Cl)cc5F)ccc4F)CC3)n2CC2CCO2)o1. The Morgan fingerprint density at radius 1 is 1.18 bits per heavy atom. The molecule has 40 heavy (non-hydrogen) atoms. The highest BCUT2D eigenvalue weighted by Gasteiger charge is 2.26. The molecule has 1 aromatic carbocycles. The molecule has 208 valence electrons. The van der Waals surface area contributed by atoms with Crippen molar-refractivity contribution in [3.8, 4) is 5.88 Å². The van der Waals surface area contributed by atoms with Gasteiger partial charge in [0.25, 0.3) is 0 Å². The fourth-order valence-electron chi connectivity index (χ4n) is 4.81. The molecule has 2 aliphatic heterocycles. The second kappa shape index (κ2) is 11.0. The summed E-state index contributed by atoms with van der Waals surface area (Å²) in [6, 6.07) is 8.52. The fraction of sp³-hybridized carbons (Fsp3) is 0.321. The van der Waals surface area contributed by atoms with Crippen molar-refractivity contribution in [1.82, 2.24) is 19.4 Å². The number of halogens is 3. The Kier molecular flexibility index (Phi) is 7.26. The highest BCUT2D eigenvalue weighted by molar-refractivity contribution is 6.30. The molecule has 0 radical (unpaired) electrons. The summed E-state index contributed by atoms with van der Waals surface area (Å²) in [5.41, 5.74) is 2.18. The molecular weight excluding hydrogens is 546 g/mol. The molecule has 0 saturated carbocycles. The predicted octanol–water partition coefficient (Wildman–Crippen LogP) is 5.31. The first-order chi connectivity index (χ1) is 19.3. The average Bonchev–Trinajstić information content (AvgIpc) is 3.45. The number of carboxylic acid groups (broad SMARTS) is 1. The summed E-state index contributed by atoms with van der Waals surface area (Å²) in [6.45, 7) is 2.85. The Hall–Kier alpha value is -3.80. The summed E-state index contributed by atoms with van der Waals surface area (Å²) < 4.78 is 47.4. The molecule has 0 bridgehead atoms. The number of benzene rings is 1. The van der Waals surface area contributed by atoms with Gasteiger partial charge in [-0.3, -0.25) is 4.90 Å². The minimum atomic E-state index is -1.15. The first-order valence-electron chi connectivity index (χ1n) is 12.8. The van der Waals surface area contributed by atoms with Crippen molar-refractivity contribution in [3.63, 3.8) is 0 Å². The fourth-order valence-corrected chi connectivity index (χ4v) is 4.97. The molecule has 9 nitrogen and oxygen atoms in total. The lowest BCUT2D eigenvalue weighted by Crippen LogP contribution is -2.33. The van der Waals surface area contributed by atoms with Crippen molar-refractivity contribution in [3.05, 3.63) is 82.0 Å². The number of aromatic nitrogens is 3. The first kappa shape index (κ1) is 26.4. The van der Waals surface area contributed by atoms with Crippen LogP contribution < -0.4 is 4.74 Å². The van der Waals surface area contributed by atoms with Crippen LogP contribution in [-0.2, 0) is 24.4 Å². The third-order valence-corrected chi connectivity index (χ3v) is 7.33. The van der Waals surface area contributed by atoms with Crippen molar-refractivity contribution < 1.29 is 32.6 Å². The average molecular weight is 571 g/mol. The van der Waals surface area contributed by atoms with Gasteiger partial charge in [0.1, 0.15) is 35.3 Å². The maximum absolute atomic E-state index is 14.7. The molecule has 3 aromatic heterocycles. The molecule has 1 atom stereocenters. The van der Waals surface area contributed by atoms with Crippen LogP contribution in [0.15, 0.2) is 46.9 Å². The van der Waals surface area contributed by atoms with Gasteiger partial charge in [0.2, 0.25) is 17.4 Å². The molecule has 4 aromatic rings. The van der Waals surface area contributed by atoms with E-state index in [9.17, 15) is 18.7 Å². The smallest absolute Gasteiger partial charge is 0.371 e. The number of aromatic carboxylic acids is 1. The summed E-state index contributed by atoms with van der Waals surface area (Å²) in [5.74, 6) is -1.31. The normalized spacial score (nSPS) is 17.6. The van der Waals surface area contributed by atoms with Gasteiger partial charge >= 0.3 is 5.97 Å². The lowest BCUT2D eigenvalue weighted by molar-refractivity contribution is -0.0591. The second-order valence-corrected chi connectivity index (χ2v) is 10.2. The number of rotatable bonds is 9. The van der Waals surface area contributed by atoms with E-state index in [0.29, 0.717) is 55.3 Å². The molecule has 1 N–H and O–H groups in total. The Morgan fingerprint density at radius 2 is 2.02 bits per heavy atom. The van der Waals surface area contributed by atoms with Crippen LogP contribution in [0.4, 0.5) is 8.78 Å². The van der Waals surface area contributed by atoms with Gasteiger partial charge in [-0.15, -0.1) is 0 Å². The topological polar surface area (TPSA) is 103 Å². The summed E-state index contributed by atoms with van der Waals surface area (Å²) >= 11 is 5.80. The zero-order valence-corrected chi connectivity index (χ0v) is 22.0. The van der Waals surface area contributed by atoms with E-state index in [4.69, 9.17) is 25.5 Å². The van der Waals surface area contributed by atoms with Gasteiger partial charge < -0.3 is 23.6 Å². The predicted molar refractivity (Wildman–Crippen MR) is 141 cm³/mol. The standard InChI is InChI=1S/C28H25ClF2N4O5/c29-18-2-1-17(21(31)11-18)15-39-25-4-3-20(30)26(33-25)16-5-8-34(9-6-16)14-24-32-27-22(12-23(40-27)28(36)37)35(24)13-19-7-10-38-19/h1-5,11-12,19H,6-10,13-15H2,(H,36,37). The lowest BCUT2D eigenvalue weighted by Gasteiger charge is -2.29. The minimum Gasteiger partial charge on any atom is -0.475 e. The van der Waals surface area contributed by atoms with Gasteiger partial charge in [-0.2, -0.15) is 4.98 Å². The zero-order chi connectivity index (χ0) is 27.8. The van der Waals surface area contributed by atoms with Crippen LogP contribution >= 0.6 is 11.6 Å². The largest absolute Gasteiger partial charge is 0.475 e. The van der Waals surface area contributed by atoms with Crippen LogP contribution in [0.5, 0.6) is 5.88 Å². The quantitative estimate of drug-likeness (QED) is 0.289. The number of hydrogen-bond acceptors (Lipinski definition) is 7. The second-order valence-electron chi connectivity index (χ2n) is 9.75. The van der Waals surface area contributed by atoms with E-state index in [1.807, 2.05) is 10.6 Å². The maximum atomic E-state index is 14.7. The summed E-state index contributed by atoms with van der Waals surface area (Å²) in [6.07, 6.45) is 3.44. The van der Waals surface area contributed by atoms with Gasteiger partial charge in [-0.1, -0.05) is 23.7 Å². The molecule has 1 unspecified atom stereocenters. The molecule has 12 heteroatoms. The molecular formula is C28H25ClF2N4O5.